The van der Waals surface area contributed by atoms with Crippen molar-refractivity contribution in [3.05, 3.63) is 29.8 Å². The number of rotatable bonds is 8. The van der Waals surface area contributed by atoms with Crippen LogP contribution < -0.4 is 10.6 Å². The van der Waals surface area contributed by atoms with E-state index in [1.165, 1.54) is 19.3 Å². The Bertz CT molecular complexity index is 695. The van der Waals surface area contributed by atoms with Crippen LogP contribution in [0.3, 0.4) is 0 Å². The molecule has 1 heterocycles. The van der Waals surface area contributed by atoms with Gasteiger partial charge in [-0.15, -0.1) is 0 Å². The van der Waals surface area contributed by atoms with Crippen LogP contribution in [0.1, 0.15) is 37.7 Å². The molecular weight excluding hydrogens is 380 g/mol. The first-order valence-electron chi connectivity index (χ1n) is 11.1. The van der Waals surface area contributed by atoms with Crippen molar-refractivity contribution in [3.63, 3.8) is 0 Å². The minimum absolute atomic E-state index is 0.0288. The van der Waals surface area contributed by atoms with E-state index in [4.69, 9.17) is 4.74 Å². The summed E-state index contributed by atoms with van der Waals surface area (Å²) in [5, 5.41) is 6.03. The summed E-state index contributed by atoms with van der Waals surface area (Å²) in [6.07, 6.45) is 5.96. The number of carbonyl (C=O) groups is 2. The lowest BCUT2D eigenvalue weighted by Gasteiger charge is -2.48. The maximum Gasteiger partial charge on any atom is 0.238 e. The smallest absolute Gasteiger partial charge is 0.238 e. The second kappa shape index (κ2) is 10.9. The van der Waals surface area contributed by atoms with Crippen molar-refractivity contribution in [2.24, 2.45) is 0 Å². The third-order valence-corrected chi connectivity index (χ3v) is 6.24. The van der Waals surface area contributed by atoms with Crippen LogP contribution in [0.5, 0.6) is 0 Å². The van der Waals surface area contributed by atoms with Gasteiger partial charge >= 0.3 is 0 Å². The number of hydrogen-bond donors (Lipinski definition) is 2. The van der Waals surface area contributed by atoms with E-state index in [9.17, 15) is 9.59 Å². The largest absolute Gasteiger partial charge is 0.379 e. The molecular formula is C23H36N4O3. The van der Waals surface area contributed by atoms with Gasteiger partial charge in [-0.05, 0) is 38.9 Å². The normalized spacial score (nSPS) is 19.4. The Morgan fingerprint density at radius 2 is 1.67 bits per heavy atom. The number of benzene rings is 1. The highest BCUT2D eigenvalue weighted by molar-refractivity contribution is 5.92. The van der Waals surface area contributed by atoms with E-state index in [2.05, 4.69) is 15.5 Å². The van der Waals surface area contributed by atoms with Gasteiger partial charge in [0, 0.05) is 30.9 Å². The first-order valence-corrected chi connectivity index (χ1v) is 11.1. The van der Waals surface area contributed by atoms with E-state index >= 15 is 0 Å². The summed E-state index contributed by atoms with van der Waals surface area (Å²) in [5.74, 6) is -0.148. The lowest BCUT2D eigenvalue weighted by atomic mass is 9.79. The van der Waals surface area contributed by atoms with Gasteiger partial charge in [-0.1, -0.05) is 37.0 Å². The fourth-order valence-electron chi connectivity index (χ4n) is 4.56. The zero-order chi connectivity index (χ0) is 21.4. The zero-order valence-corrected chi connectivity index (χ0v) is 18.4. The second-order valence-corrected chi connectivity index (χ2v) is 8.75. The highest BCUT2D eigenvalue weighted by Crippen LogP contribution is 2.33. The average molecular weight is 417 g/mol. The molecule has 1 aliphatic heterocycles. The van der Waals surface area contributed by atoms with Crippen LogP contribution in [0.15, 0.2) is 24.3 Å². The molecule has 1 aromatic rings. The minimum atomic E-state index is -0.119. The van der Waals surface area contributed by atoms with Crippen LogP contribution in [0.2, 0.25) is 0 Å². The summed E-state index contributed by atoms with van der Waals surface area (Å²) in [6, 6.07) is 7.69. The lowest BCUT2D eigenvalue weighted by Crippen LogP contribution is -2.60. The first-order chi connectivity index (χ1) is 14.5. The molecule has 30 heavy (non-hydrogen) atoms. The SMILES string of the molecule is Cc1ccc(NC(=O)CN(C)CC(=O)NCC2(N3CCOCC3)CCCCC2)cc1. The second-order valence-electron chi connectivity index (χ2n) is 8.75. The van der Waals surface area contributed by atoms with Crippen LogP contribution in [0.25, 0.3) is 0 Å². The maximum absolute atomic E-state index is 12.6. The summed E-state index contributed by atoms with van der Waals surface area (Å²) in [4.78, 5) is 29.1. The molecule has 1 aromatic carbocycles. The van der Waals surface area contributed by atoms with Crippen LogP contribution >= 0.6 is 0 Å². The van der Waals surface area contributed by atoms with E-state index in [0.29, 0.717) is 6.54 Å². The van der Waals surface area contributed by atoms with E-state index in [1.807, 2.05) is 31.2 Å². The Labute approximate surface area is 180 Å². The van der Waals surface area contributed by atoms with E-state index < -0.39 is 0 Å². The number of amides is 2. The van der Waals surface area contributed by atoms with Crippen LogP contribution in [-0.2, 0) is 14.3 Å². The van der Waals surface area contributed by atoms with E-state index in [1.54, 1.807) is 11.9 Å². The Morgan fingerprint density at radius 3 is 2.33 bits per heavy atom. The number of carbonyl (C=O) groups excluding carboxylic acids is 2. The zero-order valence-electron chi connectivity index (χ0n) is 18.4. The molecule has 0 spiro atoms. The van der Waals surface area contributed by atoms with E-state index in [0.717, 1.165) is 50.4 Å². The van der Waals surface area contributed by atoms with Gasteiger partial charge in [-0.25, -0.2) is 0 Å². The molecule has 0 unspecified atom stereocenters. The van der Waals surface area contributed by atoms with Crippen molar-refractivity contribution in [1.82, 2.24) is 15.1 Å². The van der Waals surface area contributed by atoms with Crippen LogP contribution in [-0.4, -0.2) is 80.1 Å². The number of anilines is 1. The lowest BCUT2D eigenvalue weighted by molar-refractivity contribution is -0.124. The molecule has 3 rings (SSSR count). The molecule has 1 saturated carbocycles. The van der Waals surface area contributed by atoms with Gasteiger partial charge in [0.05, 0.1) is 26.3 Å². The molecule has 2 fully saturated rings. The quantitative estimate of drug-likeness (QED) is 0.678. The Morgan fingerprint density at radius 1 is 1.03 bits per heavy atom. The average Bonchev–Trinajstić information content (AvgIpc) is 2.75. The Hall–Kier alpha value is -1.96. The first kappa shape index (κ1) is 22.7. The number of nitrogens with one attached hydrogen (secondary N) is 2. The number of hydrogen-bond acceptors (Lipinski definition) is 5. The van der Waals surface area contributed by atoms with Crippen molar-refractivity contribution in [2.45, 2.75) is 44.6 Å². The maximum atomic E-state index is 12.6. The molecule has 0 radical (unpaired) electrons. The van der Waals surface area contributed by atoms with Crippen molar-refractivity contribution < 1.29 is 14.3 Å². The Kier molecular flexibility index (Phi) is 8.24. The molecule has 2 N–H and O–H groups in total. The van der Waals surface area contributed by atoms with Gasteiger partial charge in [-0.3, -0.25) is 19.4 Å². The topological polar surface area (TPSA) is 73.9 Å². The number of aryl methyl sites for hydroxylation is 1. The number of nitrogens with zero attached hydrogens (tertiary/aromatic N) is 2. The molecule has 7 heteroatoms. The number of likely N-dealkylation sites (N-methyl/N-ethyl adjacent to an activating group) is 1. The van der Waals surface area contributed by atoms with Crippen molar-refractivity contribution in [2.75, 3.05) is 58.3 Å². The summed E-state index contributed by atoms with van der Waals surface area (Å²) in [7, 11) is 1.80. The molecule has 7 nitrogen and oxygen atoms in total. The molecule has 1 aliphatic carbocycles. The van der Waals surface area contributed by atoms with Crippen LogP contribution in [0, 0.1) is 6.92 Å². The summed E-state index contributed by atoms with van der Waals surface area (Å²) in [6.45, 7) is 6.49. The molecule has 2 amide bonds. The van der Waals surface area contributed by atoms with Crippen LogP contribution in [0.4, 0.5) is 5.69 Å². The predicted molar refractivity (Wildman–Crippen MR) is 119 cm³/mol. The summed E-state index contributed by atoms with van der Waals surface area (Å²) in [5.41, 5.74) is 1.97. The highest BCUT2D eigenvalue weighted by Gasteiger charge is 2.38. The Balaban J connectivity index is 1.45. The molecule has 1 saturated heterocycles. The number of ether oxygens (including phenoxy) is 1. The monoisotopic (exact) mass is 416 g/mol. The fourth-order valence-corrected chi connectivity index (χ4v) is 4.56. The summed E-state index contributed by atoms with van der Waals surface area (Å²) < 4.78 is 5.53. The van der Waals surface area contributed by atoms with Gasteiger partial charge in [0.1, 0.15) is 0 Å². The molecule has 0 bridgehead atoms. The molecule has 0 atom stereocenters. The van der Waals surface area contributed by atoms with Gasteiger partial charge in [0.2, 0.25) is 11.8 Å². The van der Waals surface area contributed by atoms with E-state index in [-0.39, 0.29) is 30.4 Å². The third-order valence-electron chi connectivity index (χ3n) is 6.24. The molecule has 166 valence electrons. The number of morpholine rings is 1. The molecule has 0 aromatic heterocycles. The van der Waals surface area contributed by atoms with Gasteiger partial charge in [0.25, 0.3) is 0 Å². The van der Waals surface area contributed by atoms with Crippen molar-refractivity contribution in [3.8, 4) is 0 Å². The fraction of sp³-hybridized carbons (Fsp3) is 0.652. The highest BCUT2D eigenvalue weighted by atomic mass is 16.5. The molecule has 2 aliphatic rings. The van der Waals surface area contributed by atoms with Crippen molar-refractivity contribution in [1.29, 1.82) is 0 Å². The van der Waals surface area contributed by atoms with Gasteiger partial charge in [0.15, 0.2) is 0 Å². The van der Waals surface area contributed by atoms with Crippen molar-refractivity contribution >= 4 is 17.5 Å². The summed E-state index contributed by atoms with van der Waals surface area (Å²) >= 11 is 0. The minimum Gasteiger partial charge on any atom is -0.379 e. The standard InChI is InChI=1S/C23H36N4O3/c1-19-6-8-20(9-7-19)25-22(29)17-26(2)16-21(28)24-18-23(10-4-3-5-11-23)27-12-14-30-15-13-27/h6-9H,3-5,10-18H2,1-2H3,(H,24,28)(H,25,29). The van der Waals surface area contributed by atoms with Gasteiger partial charge < -0.3 is 15.4 Å². The van der Waals surface area contributed by atoms with Gasteiger partial charge in [-0.2, -0.15) is 0 Å². The predicted octanol–water partition coefficient (Wildman–Crippen LogP) is 2.02. The third kappa shape index (κ3) is 6.52.